The van der Waals surface area contributed by atoms with E-state index in [0.717, 1.165) is 41.5 Å². The third-order valence-corrected chi connectivity index (χ3v) is 6.78. The number of fused-ring (bicyclic) bond motifs is 2. The number of amides is 1. The van der Waals surface area contributed by atoms with E-state index in [1.807, 2.05) is 23.1 Å². The van der Waals surface area contributed by atoms with Gasteiger partial charge in [0.05, 0.1) is 10.2 Å². The Hall–Kier alpha value is -1.85. The molecule has 1 amide bonds. The van der Waals surface area contributed by atoms with Crippen molar-refractivity contribution in [3.8, 4) is 0 Å². The number of nitrogens with zero attached hydrogens (tertiary/aromatic N) is 2. The molecule has 25 heavy (non-hydrogen) atoms. The number of para-hydroxylation sites is 1. The molecule has 4 rings (SSSR count). The predicted molar refractivity (Wildman–Crippen MR) is 105 cm³/mol. The van der Waals surface area contributed by atoms with Crippen molar-refractivity contribution >= 4 is 39.2 Å². The molecule has 0 unspecified atom stereocenters. The summed E-state index contributed by atoms with van der Waals surface area (Å²) < 4.78 is 2.33. The molecular weight excluding hydrogens is 348 g/mol. The minimum Gasteiger partial charge on any atom is -0.338 e. The summed E-state index contributed by atoms with van der Waals surface area (Å²) in [5.41, 5.74) is 3.75. The van der Waals surface area contributed by atoms with Crippen LogP contribution in [0.25, 0.3) is 10.2 Å². The summed E-state index contributed by atoms with van der Waals surface area (Å²) >= 11 is 3.49. The minimum atomic E-state index is 0.277. The third-order valence-electron chi connectivity index (χ3n) is 4.52. The fraction of sp³-hybridized carbons (Fsp3) is 0.300. The van der Waals surface area contributed by atoms with Gasteiger partial charge in [0.2, 0.25) is 5.91 Å². The van der Waals surface area contributed by atoms with Crippen molar-refractivity contribution in [3.63, 3.8) is 0 Å². The van der Waals surface area contributed by atoms with Crippen molar-refractivity contribution in [2.24, 2.45) is 0 Å². The maximum Gasteiger partial charge on any atom is 0.222 e. The number of hydrogen-bond acceptors (Lipinski definition) is 4. The van der Waals surface area contributed by atoms with E-state index in [0.29, 0.717) is 6.42 Å². The van der Waals surface area contributed by atoms with Gasteiger partial charge in [0.1, 0.15) is 0 Å². The Morgan fingerprint density at radius 1 is 1.12 bits per heavy atom. The third kappa shape index (κ3) is 3.88. The molecule has 0 saturated heterocycles. The Balaban J connectivity index is 1.25. The molecule has 128 valence electrons. The quantitative estimate of drug-likeness (QED) is 0.481. The van der Waals surface area contributed by atoms with E-state index < -0.39 is 0 Å². The Kier molecular flexibility index (Phi) is 5.04. The van der Waals surface area contributed by atoms with Gasteiger partial charge in [-0.3, -0.25) is 4.79 Å². The SMILES string of the molecule is O=C(CCCSc1nc2ccccc2s1)N1CCc2ccccc2C1. The topological polar surface area (TPSA) is 33.2 Å². The first-order valence-corrected chi connectivity index (χ1v) is 10.4. The Morgan fingerprint density at radius 3 is 2.80 bits per heavy atom. The molecule has 1 aliphatic rings. The first-order chi connectivity index (χ1) is 12.3. The van der Waals surface area contributed by atoms with Crippen molar-refractivity contribution in [2.45, 2.75) is 30.1 Å². The number of carbonyl (C=O) groups is 1. The molecule has 0 bridgehead atoms. The van der Waals surface area contributed by atoms with Gasteiger partial charge < -0.3 is 4.90 Å². The van der Waals surface area contributed by atoms with Gasteiger partial charge in [0, 0.05) is 25.3 Å². The van der Waals surface area contributed by atoms with Gasteiger partial charge in [0.25, 0.3) is 0 Å². The van der Waals surface area contributed by atoms with Crippen molar-refractivity contribution < 1.29 is 4.79 Å². The molecule has 2 heterocycles. The fourth-order valence-corrected chi connectivity index (χ4v) is 5.24. The van der Waals surface area contributed by atoms with Crippen LogP contribution in [0.15, 0.2) is 52.9 Å². The van der Waals surface area contributed by atoms with Crippen LogP contribution in [0.5, 0.6) is 0 Å². The Labute approximate surface area is 156 Å². The maximum absolute atomic E-state index is 12.5. The number of benzene rings is 2. The zero-order chi connectivity index (χ0) is 17.1. The van der Waals surface area contributed by atoms with E-state index in [-0.39, 0.29) is 5.91 Å². The number of thioether (sulfide) groups is 1. The average molecular weight is 369 g/mol. The van der Waals surface area contributed by atoms with Crippen LogP contribution in [0.2, 0.25) is 0 Å². The van der Waals surface area contributed by atoms with E-state index >= 15 is 0 Å². The highest BCUT2D eigenvalue weighted by Gasteiger charge is 2.19. The zero-order valence-electron chi connectivity index (χ0n) is 14.0. The van der Waals surface area contributed by atoms with Crippen molar-refractivity contribution in [2.75, 3.05) is 12.3 Å². The molecule has 1 aromatic heterocycles. The van der Waals surface area contributed by atoms with Gasteiger partial charge in [-0.1, -0.05) is 48.2 Å². The number of rotatable bonds is 5. The molecule has 3 aromatic rings. The van der Waals surface area contributed by atoms with Gasteiger partial charge in [-0.05, 0) is 36.1 Å². The average Bonchev–Trinajstić information content (AvgIpc) is 3.07. The lowest BCUT2D eigenvalue weighted by Gasteiger charge is -2.29. The molecule has 0 aliphatic carbocycles. The second kappa shape index (κ2) is 7.58. The molecule has 0 fully saturated rings. The van der Waals surface area contributed by atoms with Crippen LogP contribution in [-0.4, -0.2) is 28.1 Å². The number of aromatic nitrogens is 1. The predicted octanol–water partition coefficient (Wildman–Crippen LogP) is 4.75. The first kappa shape index (κ1) is 16.6. The van der Waals surface area contributed by atoms with E-state index in [9.17, 15) is 4.79 Å². The van der Waals surface area contributed by atoms with E-state index in [1.165, 1.54) is 15.8 Å². The molecule has 0 N–H and O–H groups in total. The zero-order valence-corrected chi connectivity index (χ0v) is 15.6. The summed E-state index contributed by atoms with van der Waals surface area (Å²) in [6.45, 7) is 1.61. The highest BCUT2D eigenvalue weighted by Crippen LogP contribution is 2.30. The monoisotopic (exact) mass is 368 g/mol. The molecule has 3 nitrogen and oxygen atoms in total. The van der Waals surface area contributed by atoms with Gasteiger partial charge in [-0.15, -0.1) is 11.3 Å². The van der Waals surface area contributed by atoms with Crippen molar-refractivity contribution in [1.29, 1.82) is 0 Å². The summed E-state index contributed by atoms with van der Waals surface area (Å²) in [4.78, 5) is 19.1. The molecule has 1 aliphatic heterocycles. The van der Waals surface area contributed by atoms with E-state index in [4.69, 9.17) is 0 Å². The molecule has 0 atom stereocenters. The lowest BCUT2D eigenvalue weighted by atomic mass is 10.00. The molecule has 0 spiro atoms. The largest absolute Gasteiger partial charge is 0.338 e. The molecular formula is C20H20N2OS2. The molecule has 0 radical (unpaired) electrons. The second-order valence-electron chi connectivity index (χ2n) is 6.23. The fourth-order valence-electron chi connectivity index (χ4n) is 3.16. The normalized spacial score (nSPS) is 13.8. The maximum atomic E-state index is 12.5. The lowest BCUT2D eigenvalue weighted by molar-refractivity contribution is -0.132. The van der Waals surface area contributed by atoms with Crippen molar-refractivity contribution in [3.05, 3.63) is 59.7 Å². The standard InChI is InChI=1S/C20H20N2OS2/c23-19(22-12-11-15-6-1-2-7-16(15)14-22)10-5-13-24-20-21-17-8-3-4-9-18(17)25-20/h1-4,6-9H,5,10-14H2. The minimum absolute atomic E-state index is 0.277. The molecule has 2 aromatic carbocycles. The molecule has 0 saturated carbocycles. The highest BCUT2D eigenvalue weighted by atomic mass is 32.2. The highest BCUT2D eigenvalue weighted by molar-refractivity contribution is 8.01. The van der Waals surface area contributed by atoms with Gasteiger partial charge in [-0.2, -0.15) is 0 Å². The summed E-state index contributed by atoms with van der Waals surface area (Å²) in [5, 5.41) is 0. The first-order valence-electron chi connectivity index (χ1n) is 8.62. The summed E-state index contributed by atoms with van der Waals surface area (Å²) in [6, 6.07) is 16.7. The second-order valence-corrected chi connectivity index (χ2v) is 8.61. The molecule has 5 heteroatoms. The van der Waals surface area contributed by atoms with E-state index in [1.54, 1.807) is 23.1 Å². The van der Waals surface area contributed by atoms with Crippen LogP contribution in [0.4, 0.5) is 0 Å². The van der Waals surface area contributed by atoms with Crippen LogP contribution in [0.1, 0.15) is 24.0 Å². The lowest BCUT2D eigenvalue weighted by Crippen LogP contribution is -2.35. The van der Waals surface area contributed by atoms with Gasteiger partial charge in [0.15, 0.2) is 4.34 Å². The summed E-state index contributed by atoms with van der Waals surface area (Å²) in [6.07, 6.45) is 2.50. The Morgan fingerprint density at radius 2 is 1.92 bits per heavy atom. The van der Waals surface area contributed by atoms with Crippen LogP contribution < -0.4 is 0 Å². The summed E-state index contributed by atoms with van der Waals surface area (Å²) in [7, 11) is 0. The van der Waals surface area contributed by atoms with E-state index in [2.05, 4.69) is 35.3 Å². The summed E-state index contributed by atoms with van der Waals surface area (Å²) in [5.74, 6) is 1.22. The number of thiazole rings is 1. The van der Waals surface area contributed by atoms with Gasteiger partial charge in [-0.25, -0.2) is 4.98 Å². The van der Waals surface area contributed by atoms with Gasteiger partial charge >= 0.3 is 0 Å². The van der Waals surface area contributed by atoms with Crippen LogP contribution in [-0.2, 0) is 17.8 Å². The van der Waals surface area contributed by atoms with Crippen LogP contribution >= 0.6 is 23.1 Å². The smallest absolute Gasteiger partial charge is 0.222 e. The van der Waals surface area contributed by atoms with Crippen LogP contribution in [0, 0.1) is 0 Å². The number of hydrogen-bond donors (Lipinski definition) is 0. The Bertz CT molecular complexity index is 857. The number of carbonyl (C=O) groups excluding carboxylic acids is 1. The van der Waals surface area contributed by atoms with Crippen molar-refractivity contribution in [1.82, 2.24) is 9.88 Å². The van der Waals surface area contributed by atoms with Crippen LogP contribution in [0.3, 0.4) is 0 Å².